The van der Waals surface area contributed by atoms with Gasteiger partial charge in [0.25, 0.3) is 5.91 Å². The summed E-state index contributed by atoms with van der Waals surface area (Å²) in [6.45, 7) is 0. The summed E-state index contributed by atoms with van der Waals surface area (Å²) in [6, 6.07) is 4.85. The van der Waals surface area contributed by atoms with Crippen LogP contribution in [0.15, 0.2) is 72.1 Å². The maximum absolute atomic E-state index is 13.5. The van der Waals surface area contributed by atoms with Crippen molar-refractivity contribution in [1.29, 1.82) is 0 Å². The minimum absolute atomic E-state index is 0.0184. The van der Waals surface area contributed by atoms with Gasteiger partial charge in [-0.05, 0) is 55.4 Å². The van der Waals surface area contributed by atoms with Crippen molar-refractivity contribution < 1.29 is 18.7 Å². The Bertz CT molecular complexity index is 1070. The molecule has 4 nitrogen and oxygen atoms in total. The van der Waals surface area contributed by atoms with Gasteiger partial charge in [0.15, 0.2) is 0 Å². The Balaban J connectivity index is 1.30. The molecule has 5 rings (SSSR count). The molecule has 31 heavy (non-hydrogen) atoms. The third kappa shape index (κ3) is 4.07. The van der Waals surface area contributed by atoms with Gasteiger partial charge >= 0.3 is 0 Å². The lowest BCUT2D eigenvalue weighted by molar-refractivity contribution is -0.132. The number of fused-ring (bicyclic) bond motifs is 2. The predicted molar refractivity (Wildman–Crippen MR) is 117 cm³/mol. The molecule has 0 radical (unpaired) electrons. The number of halogens is 2. The summed E-state index contributed by atoms with van der Waals surface area (Å²) < 4.78 is 24.9. The molecule has 160 valence electrons. The molecule has 6 heteroatoms. The molecule has 1 saturated heterocycles. The third-order valence-electron chi connectivity index (χ3n) is 6.25. The van der Waals surface area contributed by atoms with Crippen LogP contribution in [0.2, 0.25) is 5.02 Å². The van der Waals surface area contributed by atoms with Crippen LogP contribution in [0.5, 0.6) is 0 Å². The lowest BCUT2D eigenvalue weighted by Gasteiger charge is -2.35. The minimum Gasteiger partial charge on any atom is -0.465 e. The van der Waals surface area contributed by atoms with Crippen molar-refractivity contribution in [3.8, 4) is 0 Å². The number of allylic oxidation sites excluding steroid dienone is 4. The monoisotopic (exact) mass is 439 g/mol. The molecule has 0 saturated carbocycles. The molecular weight excluding hydrogens is 417 g/mol. The smallest absolute Gasteiger partial charge is 0.293 e. The zero-order valence-electron chi connectivity index (χ0n) is 17.0. The number of amides is 1. The molecule has 3 aliphatic heterocycles. The molecule has 0 spiro atoms. The predicted octanol–water partition coefficient (Wildman–Crippen LogP) is 6.02. The van der Waals surface area contributed by atoms with Crippen LogP contribution in [0.1, 0.15) is 44.1 Å². The third-order valence-corrected chi connectivity index (χ3v) is 6.54. The number of rotatable bonds is 4. The Kier molecular flexibility index (Phi) is 5.45. The van der Waals surface area contributed by atoms with Gasteiger partial charge in [0, 0.05) is 12.5 Å². The highest BCUT2D eigenvalue weighted by atomic mass is 35.5. The Morgan fingerprint density at radius 3 is 2.94 bits per heavy atom. The number of nitrogens with zero attached hydrogens (tertiary/aromatic N) is 1. The van der Waals surface area contributed by atoms with E-state index in [2.05, 4.69) is 24.3 Å². The van der Waals surface area contributed by atoms with Gasteiger partial charge in [-0.25, -0.2) is 4.39 Å². The standard InChI is InChI=1S/C25H23ClFNO3/c26-22-13-17(6-9-23(22)27)18-11-19-7-8-20(12-18)28(19)25(29)24-15-30-14-21(31-24)10-16-4-2-1-3-5-16/h1-2,4,6,9,11,13-15,19-20H,3,5,7-8,10,12H2. The summed E-state index contributed by atoms with van der Waals surface area (Å²) in [7, 11) is 0. The van der Waals surface area contributed by atoms with E-state index in [1.54, 1.807) is 18.4 Å². The molecule has 0 aromatic heterocycles. The molecule has 4 aliphatic rings. The average Bonchev–Trinajstić information content (AvgIpc) is 3.05. The van der Waals surface area contributed by atoms with Gasteiger partial charge in [-0.3, -0.25) is 4.79 Å². The zero-order valence-corrected chi connectivity index (χ0v) is 17.8. The van der Waals surface area contributed by atoms with Crippen LogP contribution in [0.3, 0.4) is 0 Å². The van der Waals surface area contributed by atoms with E-state index in [4.69, 9.17) is 21.1 Å². The SMILES string of the molecule is O=C(C1=COC=C(CC2=CC=CCC2)O1)N1C2C=C(c3ccc(F)c(Cl)c3)CC1CC2. The van der Waals surface area contributed by atoms with Crippen molar-refractivity contribution >= 4 is 23.1 Å². The number of benzene rings is 1. The van der Waals surface area contributed by atoms with Gasteiger partial charge in [0.1, 0.15) is 24.1 Å². The lowest BCUT2D eigenvalue weighted by Crippen LogP contribution is -2.44. The van der Waals surface area contributed by atoms with Crippen molar-refractivity contribution in [2.24, 2.45) is 0 Å². The molecule has 2 atom stereocenters. The second kappa shape index (κ2) is 8.39. The Hall–Kier alpha value is -2.79. The average molecular weight is 440 g/mol. The second-order valence-corrected chi connectivity index (χ2v) is 8.72. The molecule has 2 bridgehead atoms. The first-order chi connectivity index (χ1) is 15.1. The van der Waals surface area contributed by atoms with Crippen molar-refractivity contribution in [2.45, 2.75) is 50.6 Å². The summed E-state index contributed by atoms with van der Waals surface area (Å²) in [4.78, 5) is 15.2. The number of carbonyl (C=O) groups is 1. The second-order valence-electron chi connectivity index (χ2n) is 8.31. The molecule has 0 N–H and O–H groups in total. The fourth-order valence-corrected chi connectivity index (χ4v) is 4.92. The number of ether oxygens (including phenoxy) is 2. The molecule has 1 amide bonds. The van der Waals surface area contributed by atoms with Crippen molar-refractivity contribution in [3.63, 3.8) is 0 Å². The summed E-state index contributed by atoms with van der Waals surface area (Å²) in [5, 5.41) is 0.116. The Morgan fingerprint density at radius 2 is 2.16 bits per heavy atom. The van der Waals surface area contributed by atoms with E-state index in [0.29, 0.717) is 18.6 Å². The fraction of sp³-hybridized carbons (Fsp3) is 0.320. The van der Waals surface area contributed by atoms with Crippen molar-refractivity contribution in [2.75, 3.05) is 0 Å². The van der Waals surface area contributed by atoms with Gasteiger partial charge in [-0.15, -0.1) is 0 Å². The highest BCUT2D eigenvalue weighted by molar-refractivity contribution is 6.30. The molecule has 1 aromatic rings. The highest BCUT2D eigenvalue weighted by Gasteiger charge is 2.41. The number of carbonyl (C=O) groups excluding carboxylic acids is 1. The Morgan fingerprint density at radius 1 is 1.26 bits per heavy atom. The van der Waals surface area contributed by atoms with Crippen molar-refractivity contribution in [1.82, 2.24) is 4.90 Å². The van der Waals surface area contributed by atoms with Crippen LogP contribution < -0.4 is 0 Å². The topological polar surface area (TPSA) is 38.8 Å². The Labute approximate surface area is 186 Å². The number of hydrogen-bond donors (Lipinski definition) is 0. The summed E-state index contributed by atoms with van der Waals surface area (Å²) in [5.74, 6) is 0.298. The molecule has 3 heterocycles. The zero-order chi connectivity index (χ0) is 21.4. The van der Waals surface area contributed by atoms with E-state index in [9.17, 15) is 9.18 Å². The van der Waals surface area contributed by atoms with E-state index in [1.165, 1.54) is 17.9 Å². The lowest BCUT2D eigenvalue weighted by atomic mass is 9.94. The molecule has 2 unspecified atom stereocenters. The minimum atomic E-state index is -0.424. The maximum atomic E-state index is 13.5. The van der Waals surface area contributed by atoms with Crippen LogP contribution >= 0.6 is 11.6 Å². The van der Waals surface area contributed by atoms with Gasteiger partial charge < -0.3 is 14.4 Å². The van der Waals surface area contributed by atoms with Crippen LogP contribution in [-0.2, 0) is 14.3 Å². The number of hydrogen-bond acceptors (Lipinski definition) is 3. The first kappa shape index (κ1) is 20.1. The van der Waals surface area contributed by atoms with E-state index < -0.39 is 5.82 Å². The van der Waals surface area contributed by atoms with Crippen molar-refractivity contribution in [3.05, 3.63) is 88.5 Å². The van der Waals surface area contributed by atoms with Gasteiger partial charge in [-0.2, -0.15) is 0 Å². The quantitative estimate of drug-likeness (QED) is 0.575. The van der Waals surface area contributed by atoms with Crippen LogP contribution in [0.25, 0.3) is 5.57 Å². The maximum Gasteiger partial charge on any atom is 0.293 e. The molecule has 1 aromatic carbocycles. The molecule has 1 fully saturated rings. The normalized spacial score (nSPS) is 24.5. The van der Waals surface area contributed by atoms with Gasteiger partial charge in [-0.1, -0.05) is 47.5 Å². The van der Waals surface area contributed by atoms with Crippen LogP contribution in [0.4, 0.5) is 4.39 Å². The van der Waals surface area contributed by atoms with E-state index in [1.807, 2.05) is 4.90 Å². The van der Waals surface area contributed by atoms with Gasteiger partial charge in [0.05, 0.1) is 11.1 Å². The first-order valence-corrected chi connectivity index (χ1v) is 11.0. The molecule has 1 aliphatic carbocycles. The summed E-state index contributed by atoms with van der Waals surface area (Å²) in [5.41, 5.74) is 3.27. The highest BCUT2D eigenvalue weighted by Crippen LogP contribution is 2.40. The van der Waals surface area contributed by atoms with E-state index in [-0.39, 0.29) is 28.8 Å². The van der Waals surface area contributed by atoms with E-state index in [0.717, 1.165) is 36.8 Å². The summed E-state index contributed by atoms with van der Waals surface area (Å²) in [6.07, 6.45) is 16.5. The van der Waals surface area contributed by atoms with Crippen LogP contribution in [0, 0.1) is 5.82 Å². The van der Waals surface area contributed by atoms with E-state index >= 15 is 0 Å². The largest absolute Gasteiger partial charge is 0.465 e. The summed E-state index contributed by atoms with van der Waals surface area (Å²) >= 11 is 5.97. The molecular formula is C25H23ClFNO3. The fourth-order valence-electron chi connectivity index (χ4n) is 4.74. The van der Waals surface area contributed by atoms with Crippen LogP contribution in [-0.4, -0.2) is 22.9 Å². The van der Waals surface area contributed by atoms with Gasteiger partial charge in [0.2, 0.25) is 5.76 Å². The first-order valence-electron chi connectivity index (χ1n) is 10.6.